The van der Waals surface area contributed by atoms with Crippen molar-refractivity contribution in [3.63, 3.8) is 0 Å². The van der Waals surface area contributed by atoms with Crippen molar-refractivity contribution in [2.45, 2.75) is 13.0 Å². The minimum Gasteiger partial charge on any atom is -0.463 e. The maximum Gasteiger partial charge on any atom is 0.266 e. The van der Waals surface area contributed by atoms with Crippen molar-refractivity contribution in [1.29, 1.82) is 0 Å². The number of amides is 1. The summed E-state index contributed by atoms with van der Waals surface area (Å²) >= 11 is 0. The van der Waals surface area contributed by atoms with Crippen LogP contribution in [-0.4, -0.2) is 22.2 Å². The molecule has 0 saturated carbocycles. The molecule has 2 heterocycles. The SMILES string of the molecule is O=C(Cc1ccccc1)NCCn1nc(-c2ccco2)ccc1=O. The Balaban J connectivity index is 1.57. The summed E-state index contributed by atoms with van der Waals surface area (Å²) in [5.41, 5.74) is 1.31. The van der Waals surface area contributed by atoms with Crippen molar-refractivity contribution in [3.8, 4) is 11.5 Å². The monoisotopic (exact) mass is 323 g/mol. The van der Waals surface area contributed by atoms with Crippen LogP contribution in [0.1, 0.15) is 5.56 Å². The minimum atomic E-state index is -0.220. The largest absolute Gasteiger partial charge is 0.463 e. The molecule has 0 aliphatic carbocycles. The Morgan fingerprint density at radius 2 is 1.92 bits per heavy atom. The number of furan rings is 1. The second-order valence-electron chi connectivity index (χ2n) is 5.27. The molecule has 122 valence electrons. The lowest BCUT2D eigenvalue weighted by Crippen LogP contribution is -2.32. The number of rotatable bonds is 6. The number of nitrogens with zero attached hydrogens (tertiary/aromatic N) is 2. The molecule has 0 aliphatic heterocycles. The average molecular weight is 323 g/mol. The Kier molecular flexibility index (Phi) is 4.86. The molecule has 1 amide bonds. The predicted molar refractivity (Wildman–Crippen MR) is 89.4 cm³/mol. The van der Waals surface area contributed by atoms with Gasteiger partial charge in [0.25, 0.3) is 5.56 Å². The van der Waals surface area contributed by atoms with E-state index in [9.17, 15) is 9.59 Å². The topological polar surface area (TPSA) is 77.1 Å². The van der Waals surface area contributed by atoms with Crippen molar-refractivity contribution in [2.24, 2.45) is 0 Å². The van der Waals surface area contributed by atoms with Crippen LogP contribution in [0.15, 0.2) is 70.1 Å². The molecule has 1 aromatic carbocycles. The van der Waals surface area contributed by atoms with Gasteiger partial charge in [-0.2, -0.15) is 5.10 Å². The number of carbonyl (C=O) groups excluding carboxylic acids is 1. The molecule has 3 rings (SSSR count). The summed E-state index contributed by atoms with van der Waals surface area (Å²) in [5, 5.41) is 7.05. The van der Waals surface area contributed by atoms with Gasteiger partial charge in [0.2, 0.25) is 5.91 Å². The summed E-state index contributed by atoms with van der Waals surface area (Å²) in [6, 6.07) is 16.1. The highest BCUT2D eigenvalue weighted by molar-refractivity contribution is 5.78. The van der Waals surface area contributed by atoms with Gasteiger partial charge in [-0.05, 0) is 23.8 Å². The highest BCUT2D eigenvalue weighted by Crippen LogP contribution is 2.14. The van der Waals surface area contributed by atoms with Crippen molar-refractivity contribution in [2.75, 3.05) is 6.54 Å². The molecule has 0 atom stereocenters. The molecule has 0 bridgehead atoms. The van der Waals surface area contributed by atoms with Crippen molar-refractivity contribution in [3.05, 3.63) is 76.8 Å². The lowest BCUT2D eigenvalue weighted by Gasteiger charge is -2.08. The molecule has 6 nitrogen and oxygen atoms in total. The second kappa shape index (κ2) is 7.41. The van der Waals surface area contributed by atoms with Gasteiger partial charge in [-0.3, -0.25) is 9.59 Å². The fourth-order valence-corrected chi connectivity index (χ4v) is 2.31. The molecule has 0 radical (unpaired) electrons. The van der Waals surface area contributed by atoms with Gasteiger partial charge in [-0.25, -0.2) is 4.68 Å². The Morgan fingerprint density at radius 1 is 1.08 bits per heavy atom. The van der Waals surface area contributed by atoms with E-state index in [4.69, 9.17) is 4.42 Å². The van der Waals surface area contributed by atoms with Gasteiger partial charge in [0.1, 0.15) is 5.69 Å². The van der Waals surface area contributed by atoms with Gasteiger partial charge < -0.3 is 9.73 Å². The summed E-state index contributed by atoms with van der Waals surface area (Å²) in [5.74, 6) is 0.508. The predicted octanol–water partition coefficient (Wildman–Crippen LogP) is 1.86. The first-order valence-corrected chi connectivity index (χ1v) is 7.65. The van der Waals surface area contributed by atoms with E-state index < -0.39 is 0 Å². The molecular weight excluding hydrogens is 306 g/mol. The van der Waals surface area contributed by atoms with Gasteiger partial charge in [0.15, 0.2) is 5.76 Å². The molecule has 6 heteroatoms. The molecule has 0 aliphatic rings. The van der Waals surface area contributed by atoms with E-state index in [1.54, 1.807) is 24.5 Å². The fourth-order valence-electron chi connectivity index (χ4n) is 2.31. The third-order valence-corrected chi connectivity index (χ3v) is 3.49. The van der Waals surface area contributed by atoms with Crippen molar-refractivity contribution < 1.29 is 9.21 Å². The highest BCUT2D eigenvalue weighted by Gasteiger charge is 2.07. The zero-order valence-corrected chi connectivity index (χ0v) is 13.0. The highest BCUT2D eigenvalue weighted by atomic mass is 16.3. The van der Waals surface area contributed by atoms with Crippen LogP contribution in [0, 0.1) is 0 Å². The van der Waals surface area contributed by atoms with Gasteiger partial charge in [-0.15, -0.1) is 0 Å². The van der Waals surface area contributed by atoms with Crippen molar-refractivity contribution in [1.82, 2.24) is 15.1 Å². The maximum absolute atomic E-state index is 11.9. The summed E-state index contributed by atoms with van der Waals surface area (Å²) in [7, 11) is 0. The zero-order chi connectivity index (χ0) is 16.8. The lowest BCUT2D eigenvalue weighted by atomic mass is 10.1. The summed E-state index contributed by atoms with van der Waals surface area (Å²) in [4.78, 5) is 23.8. The molecule has 0 saturated heterocycles. The van der Waals surface area contributed by atoms with Gasteiger partial charge >= 0.3 is 0 Å². The van der Waals surface area contributed by atoms with Crippen LogP contribution < -0.4 is 10.9 Å². The maximum atomic E-state index is 11.9. The van der Waals surface area contributed by atoms with Crippen LogP contribution in [0.2, 0.25) is 0 Å². The fraction of sp³-hybridized carbons (Fsp3) is 0.167. The van der Waals surface area contributed by atoms with Crippen LogP contribution >= 0.6 is 0 Å². The number of hydrogen-bond donors (Lipinski definition) is 1. The Labute approximate surface area is 138 Å². The summed E-state index contributed by atoms with van der Waals surface area (Å²) in [6.07, 6.45) is 1.87. The Bertz CT molecular complexity index is 855. The van der Waals surface area contributed by atoms with Crippen LogP contribution in [0.4, 0.5) is 0 Å². The zero-order valence-electron chi connectivity index (χ0n) is 13.0. The van der Waals surface area contributed by atoms with E-state index in [-0.39, 0.29) is 11.5 Å². The molecule has 1 N–H and O–H groups in total. The smallest absolute Gasteiger partial charge is 0.266 e. The van der Waals surface area contributed by atoms with E-state index in [2.05, 4.69) is 10.4 Å². The minimum absolute atomic E-state index is 0.0866. The quantitative estimate of drug-likeness (QED) is 0.751. The second-order valence-corrected chi connectivity index (χ2v) is 5.27. The van der Waals surface area contributed by atoms with Crippen LogP contribution in [0.3, 0.4) is 0 Å². The number of aromatic nitrogens is 2. The van der Waals surface area contributed by atoms with Crippen molar-refractivity contribution >= 4 is 5.91 Å². The number of hydrogen-bond acceptors (Lipinski definition) is 4. The third kappa shape index (κ3) is 3.98. The molecule has 2 aromatic heterocycles. The molecule has 0 fully saturated rings. The molecule has 0 unspecified atom stereocenters. The van der Waals surface area contributed by atoms with Gasteiger partial charge in [0.05, 0.1) is 19.2 Å². The summed E-state index contributed by atoms with van der Waals surface area (Å²) < 4.78 is 6.60. The number of carbonyl (C=O) groups is 1. The summed E-state index contributed by atoms with van der Waals surface area (Å²) in [6.45, 7) is 0.633. The third-order valence-electron chi connectivity index (χ3n) is 3.49. The molecule has 24 heavy (non-hydrogen) atoms. The first-order valence-electron chi connectivity index (χ1n) is 7.65. The Morgan fingerprint density at radius 3 is 2.67 bits per heavy atom. The first-order chi connectivity index (χ1) is 11.7. The van der Waals surface area contributed by atoms with E-state index in [0.29, 0.717) is 31.0 Å². The number of nitrogens with one attached hydrogen (secondary N) is 1. The molecular formula is C18H17N3O3. The van der Waals surface area contributed by atoms with E-state index in [0.717, 1.165) is 5.56 Å². The first kappa shape index (κ1) is 15.7. The van der Waals surface area contributed by atoms with Crippen LogP contribution in [-0.2, 0) is 17.8 Å². The van der Waals surface area contributed by atoms with Gasteiger partial charge in [-0.1, -0.05) is 30.3 Å². The van der Waals surface area contributed by atoms with Crippen LogP contribution in [0.5, 0.6) is 0 Å². The standard InChI is InChI=1S/C18H17N3O3/c22-17(13-14-5-2-1-3-6-14)19-10-11-21-18(23)9-8-15(20-21)16-7-4-12-24-16/h1-9,12H,10-11,13H2,(H,19,22). The number of benzene rings is 1. The van der Waals surface area contributed by atoms with Crippen LogP contribution in [0.25, 0.3) is 11.5 Å². The van der Waals surface area contributed by atoms with E-state index >= 15 is 0 Å². The molecule has 0 spiro atoms. The normalized spacial score (nSPS) is 10.5. The Hall–Kier alpha value is -3.15. The van der Waals surface area contributed by atoms with Gasteiger partial charge in [0, 0.05) is 12.6 Å². The molecule has 3 aromatic rings. The lowest BCUT2D eigenvalue weighted by molar-refractivity contribution is -0.120. The average Bonchev–Trinajstić information content (AvgIpc) is 3.12. The van der Waals surface area contributed by atoms with E-state index in [1.165, 1.54) is 10.7 Å². The van der Waals surface area contributed by atoms with E-state index in [1.807, 2.05) is 30.3 Å².